The van der Waals surface area contributed by atoms with E-state index in [1.54, 1.807) is 0 Å². The summed E-state index contributed by atoms with van der Waals surface area (Å²) in [5, 5.41) is 10.6. The van der Waals surface area contributed by atoms with Crippen LogP contribution in [-0.2, 0) is 9.59 Å². The summed E-state index contributed by atoms with van der Waals surface area (Å²) in [6, 6.07) is 10.7. The van der Waals surface area contributed by atoms with Gasteiger partial charge in [0.1, 0.15) is 11.1 Å². The van der Waals surface area contributed by atoms with Gasteiger partial charge in [-0.05, 0) is 68.9 Å². The molecule has 1 saturated heterocycles. The molecule has 2 heterocycles. The van der Waals surface area contributed by atoms with Crippen LogP contribution in [-0.4, -0.2) is 11.8 Å². The molecule has 5 atom stereocenters. The fraction of sp³-hybridized carbons (Fsp3) is 0.464. The van der Waals surface area contributed by atoms with Gasteiger partial charge in [0.25, 0.3) is 0 Å². The van der Waals surface area contributed by atoms with Gasteiger partial charge in [0, 0.05) is 10.4 Å². The Morgan fingerprint density at radius 3 is 2.18 bits per heavy atom. The minimum Gasteiger partial charge on any atom is -0.274 e. The number of allylic oxidation sites excluding steroid dienone is 2. The molecule has 0 radical (unpaired) electrons. The Hall–Kier alpha value is -2.71. The largest absolute Gasteiger partial charge is 0.274 e. The highest BCUT2D eigenvalue weighted by Crippen LogP contribution is 2.61. The number of nitrogens with zero attached hydrogens (tertiary/aromatic N) is 2. The summed E-state index contributed by atoms with van der Waals surface area (Å²) in [6.07, 6.45) is 3.05. The third-order valence-corrected chi connectivity index (χ3v) is 9.28. The fourth-order valence-electron chi connectivity index (χ4n) is 6.54. The maximum absolute atomic E-state index is 13.6. The highest BCUT2D eigenvalue weighted by Gasteiger charge is 2.64. The van der Waals surface area contributed by atoms with Gasteiger partial charge < -0.3 is 0 Å². The normalized spacial score (nSPS) is 26.7. The van der Waals surface area contributed by atoms with Gasteiger partial charge in [-0.1, -0.05) is 49.3 Å². The predicted octanol–water partition coefficient (Wildman–Crippen LogP) is 6.59. The van der Waals surface area contributed by atoms with Crippen LogP contribution >= 0.6 is 11.3 Å². The van der Waals surface area contributed by atoms with E-state index in [2.05, 4.69) is 58.0 Å². The number of hydrogen-bond acceptors (Lipinski definition) is 4. The molecule has 1 aliphatic heterocycles. The molecule has 5 rings (SSSR count). The van der Waals surface area contributed by atoms with Crippen LogP contribution in [0, 0.1) is 41.9 Å². The van der Waals surface area contributed by atoms with Gasteiger partial charge in [-0.25, -0.2) is 4.90 Å². The van der Waals surface area contributed by atoms with Crippen LogP contribution in [0.5, 0.6) is 0 Å². The molecule has 5 heteroatoms. The number of nitriles is 1. The second-order valence-corrected chi connectivity index (χ2v) is 11.3. The molecule has 3 aliphatic rings. The van der Waals surface area contributed by atoms with Gasteiger partial charge in [0.2, 0.25) is 11.8 Å². The molecule has 0 N–H and O–H groups in total. The van der Waals surface area contributed by atoms with E-state index in [9.17, 15) is 14.9 Å². The zero-order valence-electron chi connectivity index (χ0n) is 19.9. The number of fused-ring (bicyclic) bond motifs is 5. The number of hydrogen-bond donors (Lipinski definition) is 0. The lowest BCUT2D eigenvalue weighted by atomic mass is 9.81. The van der Waals surface area contributed by atoms with E-state index in [1.165, 1.54) is 32.9 Å². The number of benzene rings is 1. The SMILES string of the molecule is CC[C@H](C)c1ccc(-c2c(C)sc(N3C(=O)[C@H]4[C@H](C3=O)[C@H]3CC[C@H]4C3=C(C)C)c2C#N)cc1. The summed E-state index contributed by atoms with van der Waals surface area (Å²) in [5.41, 5.74) is 6.14. The highest BCUT2D eigenvalue weighted by atomic mass is 32.1. The minimum absolute atomic E-state index is 0.104. The van der Waals surface area contributed by atoms with E-state index >= 15 is 0 Å². The van der Waals surface area contributed by atoms with Crippen molar-refractivity contribution in [3.05, 3.63) is 51.4 Å². The van der Waals surface area contributed by atoms with E-state index in [-0.39, 0.29) is 35.5 Å². The maximum atomic E-state index is 13.6. The van der Waals surface area contributed by atoms with Crippen molar-refractivity contribution in [3.8, 4) is 17.2 Å². The summed E-state index contributed by atoms with van der Waals surface area (Å²) in [5.74, 6) is 0.131. The predicted molar refractivity (Wildman–Crippen MR) is 132 cm³/mol. The zero-order valence-corrected chi connectivity index (χ0v) is 20.8. The third-order valence-electron chi connectivity index (χ3n) is 8.19. The van der Waals surface area contributed by atoms with E-state index in [0.717, 1.165) is 35.3 Å². The molecule has 33 heavy (non-hydrogen) atoms. The topological polar surface area (TPSA) is 61.2 Å². The Bertz CT molecular complexity index is 1190. The monoisotopic (exact) mass is 458 g/mol. The van der Waals surface area contributed by atoms with E-state index in [1.807, 2.05) is 6.92 Å². The molecule has 0 spiro atoms. The molecule has 170 valence electrons. The second-order valence-electron chi connectivity index (χ2n) is 10.1. The van der Waals surface area contributed by atoms with Gasteiger partial charge in [-0.3, -0.25) is 9.59 Å². The van der Waals surface area contributed by atoms with Crippen LogP contribution in [0.25, 0.3) is 11.1 Å². The van der Waals surface area contributed by atoms with Crippen LogP contribution in [0.15, 0.2) is 35.4 Å². The molecule has 2 saturated carbocycles. The van der Waals surface area contributed by atoms with Crippen molar-refractivity contribution in [3.63, 3.8) is 0 Å². The van der Waals surface area contributed by atoms with Gasteiger partial charge >= 0.3 is 0 Å². The van der Waals surface area contributed by atoms with Crippen molar-refractivity contribution < 1.29 is 9.59 Å². The lowest BCUT2D eigenvalue weighted by molar-refractivity contribution is -0.122. The Morgan fingerprint density at radius 2 is 1.70 bits per heavy atom. The smallest absolute Gasteiger partial charge is 0.239 e. The molecule has 3 fully saturated rings. The molecule has 4 nitrogen and oxygen atoms in total. The Labute approximate surface area is 199 Å². The van der Waals surface area contributed by atoms with Crippen molar-refractivity contribution in [2.45, 2.75) is 59.8 Å². The third kappa shape index (κ3) is 3.07. The molecular weight excluding hydrogens is 428 g/mol. The number of carbonyl (C=O) groups is 2. The summed E-state index contributed by atoms with van der Waals surface area (Å²) in [4.78, 5) is 29.6. The maximum Gasteiger partial charge on any atom is 0.239 e. The summed E-state index contributed by atoms with van der Waals surface area (Å²) in [6.45, 7) is 10.6. The fourth-order valence-corrected chi connectivity index (χ4v) is 7.68. The lowest BCUT2D eigenvalue weighted by Gasteiger charge is -2.18. The van der Waals surface area contributed by atoms with Crippen LogP contribution in [0.2, 0.25) is 0 Å². The minimum atomic E-state index is -0.256. The molecule has 1 aromatic carbocycles. The Morgan fingerprint density at radius 1 is 1.12 bits per heavy atom. The first-order chi connectivity index (χ1) is 15.8. The van der Waals surface area contributed by atoms with E-state index < -0.39 is 0 Å². The van der Waals surface area contributed by atoms with Gasteiger partial charge in [-0.15, -0.1) is 11.3 Å². The van der Waals surface area contributed by atoms with Crippen molar-refractivity contribution in [2.75, 3.05) is 4.90 Å². The Balaban J connectivity index is 1.55. The Kier molecular flexibility index (Phi) is 5.33. The van der Waals surface area contributed by atoms with Crippen LogP contribution in [0.1, 0.15) is 68.9 Å². The average molecular weight is 459 g/mol. The number of thiophene rings is 1. The van der Waals surface area contributed by atoms with Crippen molar-refractivity contribution in [2.24, 2.45) is 23.7 Å². The molecule has 0 unspecified atom stereocenters. The number of imide groups is 1. The first-order valence-electron chi connectivity index (χ1n) is 12.0. The average Bonchev–Trinajstić information content (AvgIpc) is 3.52. The highest BCUT2D eigenvalue weighted by molar-refractivity contribution is 7.17. The number of carbonyl (C=O) groups excluding carboxylic acids is 2. The number of rotatable bonds is 4. The summed E-state index contributed by atoms with van der Waals surface area (Å²) in [7, 11) is 0. The van der Waals surface area contributed by atoms with Crippen LogP contribution in [0.4, 0.5) is 5.00 Å². The number of anilines is 1. The van der Waals surface area contributed by atoms with E-state index in [4.69, 9.17) is 0 Å². The van der Waals surface area contributed by atoms with Gasteiger partial charge in [-0.2, -0.15) is 5.26 Å². The molecule has 2 amide bonds. The summed E-state index contributed by atoms with van der Waals surface area (Å²) >= 11 is 1.40. The zero-order chi connectivity index (χ0) is 23.6. The van der Waals surface area contributed by atoms with Crippen LogP contribution in [0.3, 0.4) is 0 Å². The molecular formula is C28H30N2O2S. The molecule has 2 bridgehead atoms. The van der Waals surface area contributed by atoms with Crippen LogP contribution < -0.4 is 4.90 Å². The van der Waals surface area contributed by atoms with Gasteiger partial charge in [0.15, 0.2) is 0 Å². The van der Waals surface area contributed by atoms with Crippen molar-refractivity contribution >= 4 is 28.2 Å². The van der Waals surface area contributed by atoms with Crippen molar-refractivity contribution in [1.82, 2.24) is 0 Å². The molecule has 2 aromatic rings. The van der Waals surface area contributed by atoms with Crippen molar-refractivity contribution in [1.29, 1.82) is 5.26 Å². The standard InChI is InChI=1S/C28H30N2O2S/c1-6-15(4)17-7-9-18(10-8-17)23-16(5)33-28(21(23)13-29)30-26(31)24-19-11-12-20(22(19)14(2)3)25(24)27(30)32/h7-10,15,19-20,24-25H,6,11-12H2,1-5H3/t15-,19-,20-,24+,25+/m0/s1. The first kappa shape index (κ1) is 22.1. The van der Waals surface area contributed by atoms with Gasteiger partial charge in [0.05, 0.1) is 17.4 Å². The lowest BCUT2D eigenvalue weighted by Crippen LogP contribution is -2.33. The molecule has 1 aromatic heterocycles. The quantitative estimate of drug-likeness (QED) is 0.383. The number of aryl methyl sites for hydroxylation is 1. The first-order valence-corrected chi connectivity index (χ1v) is 12.8. The number of amides is 2. The summed E-state index contributed by atoms with van der Waals surface area (Å²) < 4.78 is 0. The second kappa shape index (κ2) is 7.95. The van der Waals surface area contributed by atoms with E-state index in [0.29, 0.717) is 16.5 Å². The molecule has 2 aliphatic carbocycles.